The third kappa shape index (κ3) is 4.63. The van der Waals surface area contributed by atoms with Crippen molar-refractivity contribution in [3.05, 3.63) is 59.2 Å². The normalized spacial score (nSPS) is 18.1. The molecule has 2 atom stereocenters. The lowest BCUT2D eigenvalue weighted by atomic mass is 9.93. The zero-order valence-electron chi connectivity index (χ0n) is 17.6. The number of hydrogen-bond acceptors (Lipinski definition) is 7. The van der Waals surface area contributed by atoms with Crippen LogP contribution in [0.15, 0.2) is 47.6 Å². The second kappa shape index (κ2) is 8.78. The summed E-state index contributed by atoms with van der Waals surface area (Å²) in [5.41, 5.74) is 6.91. The van der Waals surface area contributed by atoms with E-state index < -0.39 is 26.6 Å². The van der Waals surface area contributed by atoms with Crippen molar-refractivity contribution < 1.29 is 28.4 Å². The lowest BCUT2D eigenvalue weighted by molar-refractivity contribution is -0.132. The number of hydroxylamine groups is 1. The molecule has 0 bridgehead atoms. The smallest absolute Gasteiger partial charge is 0.264 e. The fourth-order valence-corrected chi connectivity index (χ4v) is 4.50. The summed E-state index contributed by atoms with van der Waals surface area (Å²) in [4.78, 5) is 17.5. The molecule has 1 unspecified atom stereocenters. The summed E-state index contributed by atoms with van der Waals surface area (Å²) in [6.45, 7) is 3.24. The molecule has 0 radical (unpaired) electrons. The molecule has 0 fully saturated rings. The number of aliphatic hydroxyl groups is 1. The van der Waals surface area contributed by atoms with Crippen molar-refractivity contribution in [2.75, 3.05) is 6.26 Å². The Hall–Kier alpha value is -2.75. The highest BCUT2D eigenvalue weighted by Crippen LogP contribution is 2.31. The molecule has 1 aliphatic heterocycles. The maximum absolute atomic E-state index is 12.2. The third-order valence-corrected chi connectivity index (χ3v) is 7.75. The molecule has 9 heteroatoms. The summed E-state index contributed by atoms with van der Waals surface area (Å²) in [5, 5.41) is 22.3. The molecule has 2 aromatic carbocycles. The van der Waals surface area contributed by atoms with Crippen molar-refractivity contribution in [1.82, 2.24) is 5.48 Å². The number of nitrogens with one attached hydrogen (secondary N) is 1. The van der Waals surface area contributed by atoms with Crippen LogP contribution >= 0.6 is 0 Å². The van der Waals surface area contributed by atoms with E-state index in [0.29, 0.717) is 12.1 Å². The minimum Gasteiger partial charge on any atom is -0.392 e. The van der Waals surface area contributed by atoms with Gasteiger partial charge in [-0.3, -0.25) is 10.0 Å². The molecule has 1 aliphatic rings. The summed E-state index contributed by atoms with van der Waals surface area (Å²) in [6, 6.07) is 13.6. The molecule has 166 valence electrons. The first-order valence-electron chi connectivity index (χ1n) is 9.77. The Morgan fingerprint density at radius 1 is 1.23 bits per heavy atom. The number of carbonyl (C=O) groups is 1. The van der Waals surface area contributed by atoms with E-state index in [4.69, 9.17) is 10.0 Å². The molecule has 2 aromatic rings. The second-order valence-corrected chi connectivity index (χ2v) is 10.4. The summed E-state index contributed by atoms with van der Waals surface area (Å²) in [5.74, 6) is -1.00. The van der Waals surface area contributed by atoms with E-state index >= 15 is 0 Å². The summed E-state index contributed by atoms with van der Waals surface area (Å²) >= 11 is 0. The number of sulfone groups is 1. The highest BCUT2D eigenvalue weighted by atomic mass is 32.2. The van der Waals surface area contributed by atoms with Crippen LogP contribution in [0.25, 0.3) is 11.1 Å². The highest BCUT2D eigenvalue weighted by Gasteiger charge is 2.47. The molecule has 8 nitrogen and oxygen atoms in total. The lowest BCUT2D eigenvalue weighted by Gasteiger charge is -2.26. The Bertz CT molecular complexity index is 1110. The first-order chi connectivity index (χ1) is 14.6. The van der Waals surface area contributed by atoms with Gasteiger partial charge in [-0.25, -0.2) is 13.9 Å². The van der Waals surface area contributed by atoms with Crippen LogP contribution in [-0.4, -0.2) is 47.5 Å². The molecule has 0 spiro atoms. The van der Waals surface area contributed by atoms with Gasteiger partial charge in [0.05, 0.1) is 12.3 Å². The maximum Gasteiger partial charge on any atom is 0.264 e. The highest BCUT2D eigenvalue weighted by molar-refractivity contribution is 7.92. The average Bonchev–Trinajstić information content (AvgIpc) is 3.20. The van der Waals surface area contributed by atoms with E-state index in [1.807, 2.05) is 49.4 Å². The largest absolute Gasteiger partial charge is 0.392 e. The lowest BCUT2D eigenvalue weighted by Crippen LogP contribution is -2.51. The minimum absolute atomic E-state index is 0.00245. The zero-order valence-corrected chi connectivity index (χ0v) is 18.4. The standard InChI is InChI=1S/C22H26N2O6S/c1-14-10-17(8-9-19(14)16-6-4-15(13-25)5-7-16)20-11-18(30-24-20)12-22(2,21(26)23-27)31(3,28)29/h4-10,18,25,27H,11-13H2,1-3H3,(H,23,26)/t18-,22?/m1/s1. The van der Waals surface area contributed by atoms with Crippen LogP contribution in [0.5, 0.6) is 0 Å². The average molecular weight is 447 g/mol. The van der Waals surface area contributed by atoms with Gasteiger partial charge in [0.2, 0.25) is 0 Å². The Kier molecular flexibility index (Phi) is 6.49. The van der Waals surface area contributed by atoms with Crippen LogP contribution < -0.4 is 5.48 Å². The Labute approximate surface area is 181 Å². The van der Waals surface area contributed by atoms with E-state index in [1.54, 1.807) is 0 Å². The van der Waals surface area contributed by atoms with Gasteiger partial charge in [-0.1, -0.05) is 41.6 Å². The molecule has 0 saturated heterocycles. The Morgan fingerprint density at radius 3 is 2.42 bits per heavy atom. The molecule has 0 aliphatic carbocycles. The van der Waals surface area contributed by atoms with Gasteiger partial charge in [0, 0.05) is 19.1 Å². The molecule has 3 N–H and O–H groups in total. The number of amides is 1. The number of nitrogens with zero attached hydrogens (tertiary/aromatic N) is 1. The molecule has 0 saturated carbocycles. The summed E-state index contributed by atoms with van der Waals surface area (Å²) in [7, 11) is -3.81. The maximum atomic E-state index is 12.2. The van der Waals surface area contributed by atoms with Crippen molar-refractivity contribution in [2.24, 2.45) is 5.16 Å². The first kappa shape index (κ1) is 22.9. The Morgan fingerprint density at radius 2 is 1.87 bits per heavy atom. The van der Waals surface area contributed by atoms with Gasteiger partial charge in [-0.05, 0) is 47.7 Å². The van der Waals surface area contributed by atoms with Crippen LogP contribution in [0.4, 0.5) is 0 Å². The van der Waals surface area contributed by atoms with Gasteiger partial charge < -0.3 is 9.94 Å². The quantitative estimate of drug-likeness (QED) is 0.443. The van der Waals surface area contributed by atoms with E-state index in [1.165, 1.54) is 12.4 Å². The third-order valence-electron chi connectivity index (χ3n) is 5.76. The Balaban J connectivity index is 1.76. The number of hydrogen-bond donors (Lipinski definition) is 3. The van der Waals surface area contributed by atoms with Crippen molar-refractivity contribution in [3.63, 3.8) is 0 Å². The van der Waals surface area contributed by atoms with E-state index in [9.17, 15) is 18.3 Å². The number of carbonyl (C=O) groups excluding carboxylic acids is 1. The van der Waals surface area contributed by atoms with E-state index in [2.05, 4.69) is 5.16 Å². The van der Waals surface area contributed by atoms with Crippen molar-refractivity contribution in [1.29, 1.82) is 0 Å². The molecule has 0 aromatic heterocycles. The second-order valence-electron chi connectivity index (χ2n) is 8.00. The van der Waals surface area contributed by atoms with Gasteiger partial charge in [0.1, 0.15) is 6.10 Å². The summed E-state index contributed by atoms with van der Waals surface area (Å²) < 4.78 is 22.5. The molecule has 31 heavy (non-hydrogen) atoms. The topological polar surface area (TPSA) is 125 Å². The molecule has 1 heterocycles. The van der Waals surface area contributed by atoms with Gasteiger partial charge >= 0.3 is 0 Å². The van der Waals surface area contributed by atoms with Crippen molar-refractivity contribution in [2.45, 2.75) is 44.1 Å². The molecule has 1 amide bonds. The SMILES string of the molecule is Cc1cc(C2=NO[C@@H](CC(C)(C(=O)NO)S(C)(=O)=O)C2)ccc1-c1ccc(CO)cc1. The number of rotatable bonds is 7. The van der Waals surface area contributed by atoms with E-state index in [0.717, 1.165) is 34.1 Å². The molecule has 3 rings (SSSR count). The molecular weight excluding hydrogens is 420 g/mol. The molecular formula is C22H26N2O6S. The van der Waals surface area contributed by atoms with Crippen LogP contribution in [0.3, 0.4) is 0 Å². The van der Waals surface area contributed by atoms with Gasteiger partial charge in [0.15, 0.2) is 14.6 Å². The number of benzene rings is 2. The van der Waals surface area contributed by atoms with Gasteiger partial charge in [-0.15, -0.1) is 0 Å². The number of aliphatic hydroxyl groups excluding tert-OH is 1. The van der Waals surface area contributed by atoms with Gasteiger partial charge in [0.25, 0.3) is 5.91 Å². The number of oxime groups is 1. The minimum atomic E-state index is -3.81. The zero-order chi connectivity index (χ0) is 22.8. The van der Waals surface area contributed by atoms with Crippen LogP contribution in [0.1, 0.15) is 36.5 Å². The van der Waals surface area contributed by atoms with Crippen LogP contribution in [0, 0.1) is 6.92 Å². The van der Waals surface area contributed by atoms with Crippen LogP contribution in [0.2, 0.25) is 0 Å². The van der Waals surface area contributed by atoms with E-state index in [-0.39, 0.29) is 13.0 Å². The fourth-order valence-electron chi connectivity index (χ4n) is 3.63. The predicted molar refractivity (Wildman–Crippen MR) is 116 cm³/mol. The van der Waals surface area contributed by atoms with Gasteiger partial charge in [-0.2, -0.15) is 0 Å². The summed E-state index contributed by atoms with van der Waals surface area (Å²) in [6.07, 6.45) is 0.541. The number of aryl methyl sites for hydroxylation is 1. The predicted octanol–water partition coefficient (Wildman–Crippen LogP) is 2.35. The first-order valence-corrected chi connectivity index (χ1v) is 11.7. The van der Waals surface area contributed by atoms with Crippen molar-refractivity contribution >= 4 is 21.5 Å². The fraction of sp³-hybridized carbons (Fsp3) is 0.364. The van der Waals surface area contributed by atoms with Crippen molar-refractivity contribution in [3.8, 4) is 11.1 Å². The monoisotopic (exact) mass is 446 g/mol. The van der Waals surface area contributed by atoms with Crippen LogP contribution in [-0.2, 0) is 26.1 Å².